The lowest BCUT2D eigenvalue weighted by Gasteiger charge is -2.36. The van der Waals surface area contributed by atoms with Gasteiger partial charge in [-0.25, -0.2) is 0 Å². The van der Waals surface area contributed by atoms with E-state index >= 15 is 0 Å². The van der Waals surface area contributed by atoms with E-state index in [0.29, 0.717) is 0 Å². The molecule has 0 aromatic heterocycles. The summed E-state index contributed by atoms with van der Waals surface area (Å²) in [5, 5.41) is 10.4. The molecule has 0 bridgehead atoms. The molecule has 0 saturated heterocycles. The number of benzene rings is 1. The van der Waals surface area contributed by atoms with Crippen molar-refractivity contribution in [3.63, 3.8) is 0 Å². The van der Waals surface area contributed by atoms with Crippen molar-refractivity contribution in [3.05, 3.63) is 34.9 Å². The van der Waals surface area contributed by atoms with E-state index in [1.165, 1.54) is 16.7 Å². The summed E-state index contributed by atoms with van der Waals surface area (Å²) < 4.78 is 0. The highest BCUT2D eigenvalue weighted by Crippen LogP contribution is 2.34. The summed E-state index contributed by atoms with van der Waals surface area (Å²) >= 11 is 0. The summed E-state index contributed by atoms with van der Waals surface area (Å²) in [4.78, 5) is 2.08. The van der Waals surface area contributed by atoms with Crippen LogP contribution in [0.15, 0.2) is 18.2 Å². The predicted octanol–water partition coefficient (Wildman–Crippen LogP) is 3.67. The SMILES string of the molecule is Cc1cc(C(C)(C)C)ccc1C(N(C)C)C(C)(C)O. The van der Waals surface area contributed by atoms with E-state index in [1.807, 2.05) is 27.9 Å². The average Bonchev–Trinajstić information content (AvgIpc) is 2.16. The maximum Gasteiger partial charge on any atom is 0.0787 e. The third-order valence-corrected chi connectivity index (χ3v) is 3.62. The smallest absolute Gasteiger partial charge is 0.0787 e. The Balaban J connectivity index is 3.28. The summed E-state index contributed by atoms with van der Waals surface area (Å²) in [5.41, 5.74) is 3.17. The van der Waals surface area contributed by atoms with E-state index < -0.39 is 5.60 Å². The molecule has 0 aliphatic carbocycles. The largest absolute Gasteiger partial charge is 0.388 e. The number of aliphatic hydroxyl groups is 1. The highest BCUT2D eigenvalue weighted by atomic mass is 16.3. The zero-order chi connectivity index (χ0) is 15.0. The van der Waals surface area contributed by atoms with Gasteiger partial charge in [0.2, 0.25) is 0 Å². The zero-order valence-corrected chi connectivity index (χ0v) is 13.7. The Morgan fingerprint density at radius 1 is 1.05 bits per heavy atom. The van der Waals surface area contributed by atoms with Gasteiger partial charge in [0.25, 0.3) is 0 Å². The topological polar surface area (TPSA) is 23.5 Å². The molecule has 2 nitrogen and oxygen atoms in total. The van der Waals surface area contributed by atoms with E-state index in [1.54, 1.807) is 0 Å². The van der Waals surface area contributed by atoms with E-state index in [-0.39, 0.29) is 11.5 Å². The maximum absolute atomic E-state index is 10.4. The molecule has 1 N–H and O–H groups in total. The first-order chi connectivity index (χ1) is 8.44. The van der Waals surface area contributed by atoms with Gasteiger partial charge >= 0.3 is 0 Å². The second-order valence-electron chi connectivity index (χ2n) is 7.34. The maximum atomic E-state index is 10.4. The van der Waals surface area contributed by atoms with Crippen LogP contribution >= 0.6 is 0 Å². The Bertz CT molecular complexity index is 436. The number of likely N-dealkylation sites (N-methyl/N-ethyl adjacent to an activating group) is 1. The van der Waals surface area contributed by atoms with Crippen LogP contribution in [0, 0.1) is 6.92 Å². The second kappa shape index (κ2) is 5.26. The Morgan fingerprint density at radius 3 is 1.89 bits per heavy atom. The monoisotopic (exact) mass is 263 g/mol. The number of hydrogen-bond donors (Lipinski definition) is 1. The molecule has 0 saturated carbocycles. The molecule has 0 aliphatic heterocycles. The summed E-state index contributed by atoms with van der Waals surface area (Å²) in [6.07, 6.45) is 0. The van der Waals surface area contributed by atoms with Gasteiger partial charge in [0.05, 0.1) is 11.6 Å². The van der Waals surface area contributed by atoms with E-state index in [0.717, 1.165) is 0 Å². The minimum atomic E-state index is -0.766. The number of nitrogens with zero attached hydrogens (tertiary/aromatic N) is 1. The molecule has 1 rings (SSSR count). The molecule has 0 heterocycles. The van der Waals surface area contributed by atoms with Gasteiger partial charge in [-0.1, -0.05) is 39.0 Å². The van der Waals surface area contributed by atoms with Crippen LogP contribution in [-0.4, -0.2) is 29.7 Å². The van der Waals surface area contributed by atoms with Crippen LogP contribution in [0.4, 0.5) is 0 Å². The van der Waals surface area contributed by atoms with Crippen LogP contribution < -0.4 is 0 Å². The van der Waals surface area contributed by atoms with Crippen LogP contribution in [0.2, 0.25) is 0 Å². The van der Waals surface area contributed by atoms with Crippen LogP contribution in [0.3, 0.4) is 0 Å². The fraction of sp³-hybridized carbons (Fsp3) is 0.647. The summed E-state index contributed by atoms with van der Waals surface area (Å²) in [5.74, 6) is 0. The molecule has 1 aromatic carbocycles. The van der Waals surface area contributed by atoms with Crippen LogP contribution in [0.5, 0.6) is 0 Å². The third kappa shape index (κ3) is 3.80. The number of hydrogen-bond acceptors (Lipinski definition) is 2. The first-order valence-electron chi connectivity index (χ1n) is 6.94. The molecule has 0 radical (unpaired) electrons. The highest BCUT2D eigenvalue weighted by molar-refractivity contribution is 5.37. The minimum absolute atomic E-state index is 0.00141. The molecule has 1 unspecified atom stereocenters. The molecule has 0 amide bonds. The lowest BCUT2D eigenvalue weighted by molar-refractivity contribution is -0.00343. The Hall–Kier alpha value is -0.860. The molecule has 1 atom stereocenters. The van der Waals surface area contributed by atoms with E-state index in [4.69, 9.17) is 0 Å². The number of rotatable bonds is 3. The lowest BCUT2D eigenvalue weighted by Crippen LogP contribution is -2.39. The minimum Gasteiger partial charge on any atom is -0.388 e. The summed E-state index contributed by atoms with van der Waals surface area (Å²) in [6.45, 7) is 12.5. The zero-order valence-electron chi connectivity index (χ0n) is 13.7. The molecule has 1 aromatic rings. The quantitative estimate of drug-likeness (QED) is 0.899. The van der Waals surface area contributed by atoms with E-state index in [2.05, 4.69) is 50.8 Å². The molecule has 0 aliphatic rings. The van der Waals surface area contributed by atoms with Gasteiger partial charge in [0.15, 0.2) is 0 Å². The van der Waals surface area contributed by atoms with Crippen molar-refractivity contribution in [1.29, 1.82) is 0 Å². The van der Waals surface area contributed by atoms with Crippen LogP contribution in [-0.2, 0) is 5.41 Å². The van der Waals surface area contributed by atoms with Crippen molar-refractivity contribution in [3.8, 4) is 0 Å². The molecule has 0 spiro atoms. The van der Waals surface area contributed by atoms with Crippen molar-refractivity contribution in [2.24, 2.45) is 0 Å². The predicted molar refractivity (Wildman–Crippen MR) is 82.6 cm³/mol. The third-order valence-electron chi connectivity index (χ3n) is 3.62. The van der Waals surface area contributed by atoms with Gasteiger partial charge in [-0.15, -0.1) is 0 Å². The molecular formula is C17H29NO. The lowest BCUT2D eigenvalue weighted by atomic mass is 9.82. The Kier molecular flexibility index (Phi) is 4.48. The average molecular weight is 263 g/mol. The molecule has 2 heteroatoms. The van der Waals surface area contributed by atoms with Crippen molar-refractivity contribution in [2.45, 2.75) is 58.6 Å². The highest BCUT2D eigenvalue weighted by Gasteiger charge is 2.31. The summed E-state index contributed by atoms with van der Waals surface area (Å²) in [6, 6.07) is 6.60. The first-order valence-corrected chi connectivity index (χ1v) is 6.94. The normalized spacial score (nSPS) is 14.8. The number of aryl methyl sites for hydroxylation is 1. The van der Waals surface area contributed by atoms with E-state index in [9.17, 15) is 5.11 Å². The van der Waals surface area contributed by atoms with Crippen LogP contribution in [0.1, 0.15) is 57.4 Å². The van der Waals surface area contributed by atoms with Gasteiger partial charge < -0.3 is 5.11 Å². The van der Waals surface area contributed by atoms with Gasteiger partial charge in [-0.2, -0.15) is 0 Å². The first kappa shape index (κ1) is 16.2. The second-order valence-corrected chi connectivity index (χ2v) is 7.34. The molecular weight excluding hydrogens is 234 g/mol. The van der Waals surface area contributed by atoms with Gasteiger partial charge in [0, 0.05) is 0 Å². The van der Waals surface area contributed by atoms with Gasteiger partial charge in [0.1, 0.15) is 0 Å². The van der Waals surface area contributed by atoms with Crippen LogP contribution in [0.25, 0.3) is 0 Å². The fourth-order valence-corrected chi connectivity index (χ4v) is 2.74. The van der Waals surface area contributed by atoms with Gasteiger partial charge in [-0.3, -0.25) is 4.90 Å². The van der Waals surface area contributed by atoms with Crippen molar-refractivity contribution in [2.75, 3.05) is 14.1 Å². The van der Waals surface area contributed by atoms with Crippen molar-refractivity contribution >= 4 is 0 Å². The fourth-order valence-electron chi connectivity index (χ4n) is 2.74. The Labute approximate surface area is 118 Å². The Morgan fingerprint density at radius 2 is 1.58 bits per heavy atom. The standard InChI is InChI=1S/C17H29NO/c1-12-11-13(16(2,3)4)9-10-14(12)15(18(7)8)17(5,6)19/h9-11,15,19H,1-8H3. The van der Waals surface area contributed by atoms with Crippen molar-refractivity contribution < 1.29 is 5.11 Å². The van der Waals surface area contributed by atoms with Gasteiger partial charge in [-0.05, 0) is 57.0 Å². The molecule has 0 fully saturated rings. The summed E-state index contributed by atoms with van der Waals surface area (Å²) in [7, 11) is 4.03. The van der Waals surface area contributed by atoms with Crippen molar-refractivity contribution in [1.82, 2.24) is 4.90 Å². The molecule has 108 valence electrons. The molecule has 19 heavy (non-hydrogen) atoms.